The zero-order valence-corrected chi connectivity index (χ0v) is 11.7. The molecule has 126 valence electrons. The molecule has 0 atom stereocenters. The summed E-state index contributed by atoms with van der Waals surface area (Å²) in [5.74, 6) is -9.24. The molecule has 2 rings (SSSR count). The molecule has 0 fully saturated rings. The first-order valence-electron chi connectivity index (χ1n) is 6.29. The van der Waals surface area contributed by atoms with Crippen molar-refractivity contribution in [2.75, 3.05) is 11.9 Å². The molecule has 0 heterocycles. The zero-order valence-electron chi connectivity index (χ0n) is 11.7. The summed E-state index contributed by atoms with van der Waals surface area (Å²) >= 11 is 0. The van der Waals surface area contributed by atoms with Crippen LogP contribution in [-0.4, -0.2) is 17.4 Å². The molecule has 1 amide bonds. The Balaban J connectivity index is 2.07. The summed E-state index contributed by atoms with van der Waals surface area (Å²) in [7, 11) is 0. The number of carbonyl (C=O) groups excluding carboxylic acids is 1. The molecule has 0 bridgehead atoms. The molecular weight excluding hydrogens is 336 g/mol. The Bertz CT molecular complexity index is 787. The first kappa shape index (κ1) is 17.2. The third kappa shape index (κ3) is 3.77. The number of ether oxygens (including phenoxy) is 1. The molecule has 0 aliphatic heterocycles. The number of hydrogen-bond donors (Lipinski definition) is 1. The van der Waals surface area contributed by atoms with Gasteiger partial charge in [-0.15, -0.1) is 0 Å². The maximum Gasteiger partial charge on any atom is 0.271 e. The molecular formula is C14H8F4N2O4. The van der Waals surface area contributed by atoms with Crippen molar-refractivity contribution < 1.29 is 32.0 Å². The quantitative estimate of drug-likeness (QED) is 0.391. The number of nitrogens with one attached hydrogen (secondary N) is 1. The number of amides is 1. The zero-order chi connectivity index (χ0) is 17.9. The van der Waals surface area contributed by atoms with E-state index in [1.165, 1.54) is 18.2 Å². The van der Waals surface area contributed by atoms with Gasteiger partial charge in [0.25, 0.3) is 11.6 Å². The van der Waals surface area contributed by atoms with Gasteiger partial charge in [-0.25, -0.2) is 8.78 Å². The second kappa shape index (κ2) is 6.94. The van der Waals surface area contributed by atoms with Gasteiger partial charge in [0, 0.05) is 23.9 Å². The van der Waals surface area contributed by atoms with Crippen LogP contribution >= 0.6 is 0 Å². The van der Waals surface area contributed by atoms with Crippen LogP contribution in [0, 0.1) is 33.4 Å². The standard InChI is InChI=1S/C14H8F4N2O4/c15-9-5-10(16)13(18)14(12(9)17)24-6-11(21)19-7-2-1-3-8(4-7)20(22)23/h1-5H,6H2,(H,19,21). The van der Waals surface area contributed by atoms with Crippen molar-refractivity contribution in [1.82, 2.24) is 0 Å². The van der Waals surface area contributed by atoms with Gasteiger partial charge >= 0.3 is 0 Å². The Morgan fingerprint density at radius 3 is 2.33 bits per heavy atom. The maximum atomic E-state index is 13.3. The number of nitrogens with zero attached hydrogens (tertiary/aromatic N) is 1. The fraction of sp³-hybridized carbons (Fsp3) is 0.0714. The van der Waals surface area contributed by atoms with Crippen molar-refractivity contribution >= 4 is 17.3 Å². The fourth-order valence-electron chi connectivity index (χ4n) is 1.71. The first-order chi connectivity index (χ1) is 11.3. The van der Waals surface area contributed by atoms with E-state index in [0.29, 0.717) is 0 Å². The summed E-state index contributed by atoms with van der Waals surface area (Å²) in [4.78, 5) is 21.5. The highest BCUT2D eigenvalue weighted by Gasteiger charge is 2.21. The minimum absolute atomic E-state index is 0.000693. The van der Waals surface area contributed by atoms with E-state index < -0.39 is 46.5 Å². The SMILES string of the molecule is O=C(COc1c(F)c(F)cc(F)c1F)Nc1cccc([N+](=O)[O-])c1. The lowest BCUT2D eigenvalue weighted by atomic mass is 10.3. The van der Waals surface area contributed by atoms with Crippen LogP contribution in [0.15, 0.2) is 30.3 Å². The normalized spacial score (nSPS) is 10.3. The van der Waals surface area contributed by atoms with E-state index in [0.717, 1.165) is 6.07 Å². The molecule has 2 aromatic rings. The average molecular weight is 344 g/mol. The number of rotatable bonds is 5. The summed E-state index contributed by atoms with van der Waals surface area (Å²) in [6.45, 7) is -0.973. The number of nitro groups is 1. The van der Waals surface area contributed by atoms with Crippen LogP contribution in [0.5, 0.6) is 5.75 Å². The van der Waals surface area contributed by atoms with Crippen molar-refractivity contribution in [2.45, 2.75) is 0 Å². The molecule has 0 spiro atoms. The van der Waals surface area contributed by atoms with Crippen molar-refractivity contribution in [3.63, 3.8) is 0 Å². The molecule has 0 aliphatic rings. The Morgan fingerprint density at radius 1 is 1.12 bits per heavy atom. The Morgan fingerprint density at radius 2 is 1.75 bits per heavy atom. The van der Waals surface area contributed by atoms with Gasteiger partial charge in [-0.1, -0.05) is 6.07 Å². The number of anilines is 1. The van der Waals surface area contributed by atoms with Crippen LogP contribution in [-0.2, 0) is 4.79 Å². The van der Waals surface area contributed by atoms with Crippen molar-refractivity contribution in [3.8, 4) is 5.75 Å². The van der Waals surface area contributed by atoms with Gasteiger partial charge in [0.2, 0.25) is 11.6 Å². The Labute approximate surface area is 131 Å². The number of hydrogen-bond acceptors (Lipinski definition) is 4. The molecule has 1 N–H and O–H groups in total. The minimum Gasteiger partial charge on any atom is -0.477 e. The van der Waals surface area contributed by atoms with Gasteiger partial charge in [0.1, 0.15) is 0 Å². The summed E-state index contributed by atoms with van der Waals surface area (Å²) in [6.07, 6.45) is 0. The van der Waals surface area contributed by atoms with Crippen LogP contribution in [0.4, 0.5) is 28.9 Å². The van der Waals surface area contributed by atoms with Gasteiger partial charge < -0.3 is 10.1 Å². The van der Waals surface area contributed by atoms with Gasteiger partial charge in [-0.05, 0) is 6.07 Å². The topological polar surface area (TPSA) is 81.5 Å². The summed E-state index contributed by atoms with van der Waals surface area (Å²) in [5, 5.41) is 12.8. The van der Waals surface area contributed by atoms with Gasteiger partial charge in [-0.2, -0.15) is 8.78 Å². The van der Waals surface area contributed by atoms with Crippen LogP contribution in [0.1, 0.15) is 0 Å². The summed E-state index contributed by atoms with van der Waals surface area (Å²) in [6, 6.07) is 4.86. The number of nitro benzene ring substituents is 1. The maximum absolute atomic E-state index is 13.3. The molecule has 6 nitrogen and oxygen atoms in total. The summed E-state index contributed by atoms with van der Waals surface area (Å²) < 4.78 is 57.1. The second-order valence-corrected chi connectivity index (χ2v) is 4.44. The third-order valence-electron chi connectivity index (χ3n) is 2.76. The highest BCUT2D eigenvalue weighted by Crippen LogP contribution is 2.26. The van der Waals surface area contributed by atoms with E-state index in [4.69, 9.17) is 0 Å². The lowest BCUT2D eigenvalue weighted by Gasteiger charge is -2.10. The van der Waals surface area contributed by atoms with Gasteiger partial charge in [-0.3, -0.25) is 14.9 Å². The smallest absolute Gasteiger partial charge is 0.271 e. The Hall–Kier alpha value is -3.17. The molecule has 2 aromatic carbocycles. The number of benzene rings is 2. The molecule has 0 saturated carbocycles. The van der Waals surface area contributed by atoms with E-state index in [1.807, 2.05) is 0 Å². The highest BCUT2D eigenvalue weighted by molar-refractivity contribution is 5.92. The van der Waals surface area contributed by atoms with E-state index in [-0.39, 0.29) is 17.4 Å². The van der Waals surface area contributed by atoms with Crippen molar-refractivity contribution in [3.05, 3.63) is 63.7 Å². The number of halogens is 4. The molecule has 0 radical (unpaired) electrons. The summed E-state index contributed by atoms with van der Waals surface area (Å²) in [5.41, 5.74) is -0.262. The fourth-order valence-corrected chi connectivity index (χ4v) is 1.71. The van der Waals surface area contributed by atoms with Crippen LogP contribution in [0.25, 0.3) is 0 Å². The monoisotopic (exact) mass is 344 g/mol. The lowest BCUT2D eigenvalue weighted by molar-refractivity contribution is -0.384. The largest absolute Gasteiger partial charge is 0.477 e. The molecule has 0 aromatic heterocycles. The molecule has 10 heteroatoms. The minimum atomic E-state index is -1.78. The molecule has 0 aliphatic carbocycles. The van der Waals surface area contributed by atoms with E-state index in [9.17, 15) is 32.5 Å². The van der Waals surface area contributed by atoms with Crippen molar-refractivity contribution in [2.24, 2.45) is 0 Å². The third-order valence-corrected chi connectivity index (χ3v) is 2.76. The molecule has 0 saturated heterocycles. The number of carbonyl (C=O) groups is 1. The average Bonchev–Trinajstić information content (AvgIpc) is 2.53. The van der Waals surface area contributed by atoms with E-state index >= 15 is 0 Å². The second-order valence-electron chi connectivity index (χ2n) is 4.44. The predicted molar refractivity (Wildman–Crippen MR) is 73.5 cm³/mol. The van der Waals surface area contributed by atoms with E-state index in [2.05, 4.69) is 10.1 Å². The van der Waals surface area contributed by atoms with Crippen LogP contribution in [0.2, 0.25) is 0 Å². The van der Waals surface area contributed by atoms with Crippen LogP contribution < -0.4 is 10.1 Å². The van der Waals surface area contributed by atoms with E-state index in [1.54, 1.807) is 0 Å². The van der Waals surface area contributed by atoms with Gasteiger partial charge in [0.15, 0.2) is 24.0 Å². The molecule has 24 heavy (non-hydrogen) atoms. The Kier molecular flexibility index (Phi) is 4.97. The predicted octanol–water partition coefficient (Wildman–Crippen LogP) is 3.17. The molecule has 0 unspecified atom stereocenters. The van der Waals surface area contributed by atoms with Crippen LogP contribution in [0.3, 0.4) is 0 Å². The van der Waals surface area contributed by atoms with Gasteiger partial charge in [0.05, 0.1) is 4.92 Å². The van der Waals surface area contributed by atoms with Crippen molar-refractivity contribution in [1.29, 1.82) is 0 Å². The highest BCUT2D eigenvalue weighted by atomic mass is 19.2. The number of non-ortho nitro benzene ring substituents is 1. The lowest BCUT2D eigenvalue weighted by Crippen LogP contribution is -2.21. The first-order valence-corrected chi connectivity index (χ1v) is 6.29.